The maximum Gasteiger partial charge on any atom is 0.421 e. The summed E-state index contributed by atoms with van der Waals surface area (Å²) in [6, 6.07) is 43.1. The van der Waals surface area contributed by atoms with E-state index in [1.54, 1.807) is 77.5 Å². The van der Waals surface area contributed by atoms with Crippen LogP contribution in [0.4, 0.5) is 10.5 Å². The predicted octanol–water partition coefficient (Wildman–Crippen LogP) is 6.15. The predicted molar refractivity (Wildman–Crippen MR) is 263 cm³/mol. The first-order valence-electron chi connectivity index (χ1n) is 23.6. The monoisotopic (exact) mass is 966 g/mol. The molecule has 364 valence electrons. The van der Waals surface area contributed by atoms with E-state index in [9.17, 15) is 15.0 Å². The van der Waals surface area contributed by atoms with Crippen LogP contribution in [0.25, 0.3) is 11.0 Å². The van der Waals surface area contributed by atoms with Gasteiger partial charge in [-0.05, 0) is 58.7 Å². The number of nitrogens with one attached hydrogen (secondary N) is 1. The normalized spacial score (nSPS) is 21.6. The van der Waals surface area contributed by atoms with Crippen LogP contribution in [0.3, 0.4) is 0 Å². The molecule has 0 aliphatic carbocycles. The van der Waals surface area contributed by atoms with Gasteiger partial charge in [0.05, 0.1) is 48.5 Å². The van der Waals surface area contributed by atoms with Crippen LogP contribution in [0, 0.1) is 17.8 Å². The number of fused-ring (bicyclic) bond motifs is 4. The number of esters is 1. The lowest BCUT2D eigenvalue weighted by Crippen LogP contribution is -2.56. The lowest BCUT2D eigenvalue weighted by atomic mass is 9.65. The van der Waals surface area contributed by atoms with Crippen molar-refractivity contribution in [2.24, 2.45) is 5.92 Å². The van der Waals surface area contributed by atoms with Gasteiger partial charge in [-0.15, -0.1) is 5.10 Å². The highest BCUT2D eigenvalue weighted by Crippen LogP contribution is 2.66. The van der Waals surface area contributed by atoms with Gasteiger partial charge in [-0.1, -0.05) is 138 Å². The first-order chi connectivity index (χ1) is 35.3. The molecule has 0 saturated carbocycles. The van der Waals surface area contributed by atoms with Crippen LogP contribution in [0.5, 0.6) is 5.75 Å². The summed E-state index contributed by atoms with van der Waals surface area (Å²) in [6.07, 6.45) is -3.21. The fourth-order valence-corrected chi connectivity index (χ4v) is 10.6. The SMILES string of the molecule is COCCOC(=O)N1C(=O)[C@@]2(c3cc(C#CCn4nnc5ccccc54)ccc31)[C@H](c1ccccc1OCCO)N1[C@H](c3ccccc3)[C@H](c3ccccc3)OC(=O)[C@H]1[C@@H]2C(=O)NC[C@H](O)c1ccccc1. The average molecular weight is 967 g/mol. The Balaban J connectivity index is 1.24. The number of nitrogens with zero attached hydrogens (tertiary/aromatic N) is 5. The third-order valence-electron chi connectivity index (χ3n) is 13.5. The maximum absolute atomic E-state index is 16.5. The van der Waals surface area contributed by atoms with Gasteiger partial charge in [-0.3, -0.25) is 19.3 Å². The van der Waals surface area contributed by atoms with Gasteiger partial charge in [-0.25, -0.2) is 14.4 Å². The van der Waals surface area contributed by atoms with E-state index in [1.807, 2.05) is 89.8 Å². The van der Waals surface area contributed by atoms with Gasteiger partial charge >= 0.3 is 12.1 Å². The third-order valence-corrected chi connectivity index (χ3v) is 13.5. The summed E-state index contributed by atoms with van der Waals surface area (Å²) in [5, 5.41) is 33.1. The van der Waals surface area contributed by atoms with Crippen molar-refractivity contribution >= 4 is 40.6 Å². The number of aliphatic hydroxyl groups excluding tert-OH is 2. The van der Waals surface area contributed by atoms with Crippen LogP contribution in [-0.4, -0.2) is 100 Å². The standard InChI is InChI=1S/C56H50N6O10/c1-69-32-33-71-55(68)61-43-28-27-36(16-15-29-60-44-25-13-12-24-42(44)58-59-60)34-41(43)56(54(61)67)47(52(65)57-35-45(64)37-17-5-2-6-18-37)49-53(66)72-50(39-21-9-4-10-22-39)48(38-19-7-3-8-20-38)62(49)51(56)40-23-11-14-26-46(40)70-31-30-63/h2-14,17-28,34,45,47-51,63-64H,29-33,35H2,1H3,(H,57,65)/t45-,47+,48+,49+,50-,51-,56+/m0/s1. The molecule has 2 saturated heterocycles. The molecule has 3 N–H and O–H groups in total. The van der Waals surface area contributed by atoms with Crippen molar-refractivity contribution in [1.29, 1.82) is 0 Å². The lowest BCUT2D eigenvalue weighted by molar-refractivity contribution is -0.178. The van der Waals surface area contributed by atoms with E-state index < -0.39 is 65.5 Å². The molecule has 0 radical (unpaired) electrons. The number of anilines is 1. The van der Waals surface area contributed by atoms with Crippen LogP contribution in [0.15, 0.2) is 158 Å². The Kier molecular flexibility index (Phi) is 13.6. The van der Waals surface area contributed by atoms with Crippen molar-refractivity contribution in [3.05, 3.63) is 191 Å². The van der Waals surface area contributed by atoms with Crippen molar-refractivity contribution in [3.63, 3.8) is 0 Å². The molecule has 6 aromatic carbocycles. The Labute approximate surface area is 414 Å². The number of para-hydroxylation sites is 2. The number of amides is 3. The second-order valence-electron chi connectivity index (χ2n) is 17.6. The maximum atomic E-state index is 16.5. The summed E-state index contributed by atoms with van der Waals surface area (Å²) >= 11 is 0. The van der Waals surface area contributed by atoms with Crippen LogP contribution in [-0.2, 0) is 40.6 Å². The molecule has 7 atom stereocenters. The number of imide groups is 1. The number of morpholine rings is 1. The van der Waals surface area contributed by atoms with Crippen LogP contribution < -0.4 is 15.0 Å². The van der Waals surface area contributed by atoms with Crippen molar-refractivity contribution < 1.29 is 48.3 Å². The second kappa shape index (κ2) is 20.6. The zero-order valence-corrected chi connectivity index (χ0v) is 39.1. The quantitative estimate of drug-likeness (QED) is 0.0639. The van der Waals surface area contributed by atoms with Crippen LogP contribution in [0.1, 0.15) is 57.7 Å². The molecule has 7 aromatic rings. The summed E-state index contributed by atoms with van der Waals surface area (Å²) < 4.78 is 25.5. The van der Waals surface area contributed by atoms with Crippen molar-refractivity contribution in [1.82, 2.24) is 25.2 Å². The number of methoxy groups -OCH3 is 1. The molecule has 4 heterocycles. The fraction of sp³-hybridized carbons (Fsp3) is 0.250. The smallest absolute Gasteiger partial charge is 0.421 e. The molecule has 2 fully saturated rings. The zero-order chi connectivity index (χ0) is 49.8. The largest absolute Gasteiger partial charge is 0.491 e. The van der Waals surface area contributed by atoms with Gasteiger partial charge in [-0.2, -0.15) is 0 Å². The second-order valence-corrected chi connectivity index (χ2v) is 17.6. The van der Waals surface area contributed by atoms with E-state index in [0.717, 1.165) is 10.4 Å². The number of rotatable bonds is 14. The van der Waals surface area contributed by atoms with Crippen molar-refractivity contribution in [3.8, 4) is 17.6 Å². The number of cyclic esters (lactones) is 1. The number of ether oxygens (including phenoxy) is 4. The highest BCUT2D eigenvalue weighted by Gasteiger charge is 2.76. The minimum Gasteiger partial charge on any atom is -0.491 e. The lowest BCUT2D eigenvalue weighted by Gasteiger charge is -2.46. The number of benzene rings is 6. The Morgan fingerprint density at radius 3 is 2.26 bits per heavy atom. The van der Waals surface area contributed by atoms with Gasteiger partial charge in [0.25, 0.3) is 0 Å². The van der Waals surface area contributed by atoms with E-state index >= 15 is 14.4 Å². The molecule has 0 unspecified atom stereocenters. The van der Waals surface area contributed by atoms with Crippen LogP contribution >= 0.6 is 0 Å². The number of aromatic nitrogens is 3. The first-order valence-corrected chi connectivity index (χ1v) is 23.6. The molecule has 1 spiro atoms. The Hall–Kier alpha value is -8.20. The minimum atomic E-state index is -2.18. The number of hydrogen-bond donors (Lipinski definition) is 3. The summed E-state index contributed by atoms with van der Waals surface area (Å²) in [7, 11) is 1.45. The zero-order valence-electron chi connectivity index (χ0n) is 39.1. The number of carbonyl (C=O) groups is 4. The molecule has 3 aliphatic heterocycles. The molecular formula is C56H50N6O10. The Morgan fingerprint density at radius 1 is 0.819 bits per heavy atom. The average Bonchev–Trinajstić information content (AvgIpc) is 4.06. The van der Waals surface area contributed by atoms with E-state index in [0.29, 0.717) is 33.3 Å². The topological polar surface area (TPSA) is 195 Å². The molecule has 16 heteroatoms. The van der Waals surface area contributed by atoms with E-state index in [4.69, 9.17) is 18.9 Å². The molecule has 1 aromatic heterocycles. The molecule has 72 heavy (non-hydrogen) atoms. The summed E-state index contributed by atoms with van der Waals surface area (Å²) in [4.78, 5) is 65.3. The third kappa shape index (κ3) is 8.51. The number of hydrogen-bond acceptors (Lipinski definition) is 13. The molecule has 0 bridgehead atoms. The number of aliphatic hydroxyl groups is 2. The van der Waals surface area contributed by atoms with Gasteiger partial charge in [0, 0.05) is 24.8 Å². The van der Waals surface area contributed by atoms with Gasteiger partial charge in [0.2, 0.25) is 11.8 Å². The highest BCUT2D eigenvalue weighted by atomic mass is 16.6. The van der Waals surface area contributed by atoms with E-state index in [-0.39, 0.29) is 56.5 Å². The minimum absolute atomic E-state index is 0.0235. The molecule has 3 amide bonds. The fourth-order valence-electron chi connectivity index (χ4n) is 10.6. The van der Waals surface area contributed by atoms with Gasteiger partial charge < -0.3 is 34.5 Å². The summed E-state index contributed by atoms with van der Waals surface area (Å²) in [5.74, 6) is 2.55. The van der Waals surface area contributed by atoms with Gasteiger partial charge in [0.15, 0.2) is 0 Å². The summed E-state index contributed by atoms with van der Waals surface area (Å²) in [5.41, 5.74) is 2.24. The molecular weight excluding hydrogens is 917 g/mol. The van der Waals surface area contributed by atoms with Crippen LogP contribution in [0.2, 0.25) is 0 Å². The van der Waals surface area contributed by atoms with E-state index in [2.05, 4.69) is 27.5 Å². The summed E-state index contributed by atoms with van der Waals surface area (Å²) in [6.45, 7) is -0.833. The highest BCUT2D eigenvalue weighted by molar-refractivity contribution is 6.23. The number of carbonyl (C=O) groups excluding carboxylic acids is 4. The van der Waals surface area contributed by atoms with E-state index in [1.165, 1.54) is 7.11 Å². The molecule has 3 aliphatic rings. The Bertz CT molecular complexity index is 3180. The first kappa shape index (κ1) is 47.5. The molecule has 16 nitrogen and oxygen atoms in total. The Morgan fingerprint density at radius 2 is 1.51 bits per heavy atom. The van der Waals surface area contributed by atoms with Crippen molar-refractivity contribution in [2.45, 2.75) is 42.3 Å². The van der Waals surface area contributed by atoms with Gasteiger partial charge in [0.1, 0.15) is 48.6 Å². The van der Waals surface area contributed by atoms with Crippen molar-refractivity contribution in [2.75, 3.05) is 45.0 Å². The molecule has 10 rings (SSSR count).